The number of nitrogens with one attached hydrogen (secondary N) is 2. The number of carbonyl (C=O) groups is 1. The molecule has 0 fully saturated rings. The lowest BCUT2D eigenvalue weighted by atomic mass is 10.0. The Bertz CT molecular complexity index is 691. The normalized spacial score (nSPS) is 16.9. The predicted octanol–water partition coefficient (Wildman–Crippen LogP) is 2.66. The number of alkyl carbamates (subject to hydrolysis) is 1. The van der Waals surface area contributed by atoms with Crippen LogP contribution in [0, 0.1) is 11.3 Å². The van der Waals surface area contributed by atoms with Gasteiger partial charge in [0.2, 0.25) is 0 Å². The molecule has 26 heavy (non-hydrogen) atoms. The summed E-state index contributed by atoms with van der Waals surface area (Å²) in [6, 6.07) is 9.66. The Balaban J connectivity index is 1.81. The smallest absolute Gasteiger partial charge is 0.407 e. The first-order valence-electron chi connectivity index (χ1n) is 8.42. The zero-order valence-electron chi connectivity index (χ0n) is 15.6. The van der Waals surface area contributed by atoms with Crippen molar-refractivity contribution < 1.29 is 9.53 Å². The number of likely N-dealkylation sites (N-methyl/N-ethyl adjacent to an activating group) is 1. The van der Waals surface area contributed by atoms with Gasteiger partial charge in [0, 0.05) is 19.6 Å². The molecular weight excluding hydrogens is 350 g/mol. The standard InChI is InChI=1S/C18H25N5O2S/c1-18(2,3)25-17(24)20-9-10-23(4)12-15-16(22-26-21-15)14-7-5-13(11-19)6-8-14/h5-8,16,22H,9-10,12H2,1-4H3,(H,20,24). The van der Waals surface area contributed by atoms with Crippen LogP contribution < -0.4 is 10.0 Å². The van der Waals surface area contributed by atoms with E-state index < -0.39 is 11.7 Å². The van der Waals surface area contributed by atoms with E-state index in [1.54, 1.807) is 0 Å². The Hall–Kier alpha value is -2.08. The summed E-state index contributed by atoms with van der Waals surface area (Å²) in [7, 11) is 1.98. The summed E-state index contributed by atoms with van der Waals surface area (Å²) in [5, 5.41) is 11.7. The summed E-state index contributed by atoms with van der Waals surface area (Å²) in [6.45, 7) is 7.38. The van der Waals surface area contributed by atoms with Gasteiger partial charge < -0.3 is 10.1 Å². The molecule has 1 aromatic carbocycles. The molecular formula is C18H25N5O2S. The second-order valence-electron chi connectivity index (χ2n) is 7.13. The average molecular weight is 375 g/mol. The molecule has 140 valence electrons. The summed E-state index contributed by atoms with van der Waals surface area (Å²) in [5.41, 5.74) is 2.24. The van der Waals surface area contributed by atoms with E-state index in [0.29, 0.717) is 25.2 Å². The van der Waals surface area contributed by atoms with Gasteiger partial charge in [-0.2, -0.15) is 5.26 Å². The van der Waals surface area contributed by atoms with E-state index >= 15 is 0 Å². The van der Waals surface area contributed by atoms with Gasteiger partial charge in [-0.15, -0.1) is 0 Å². The minimum absolute atomic E-state index is 0.0222. The van der Waals surface area contributed by atoms with E-state index in [4.69, 9.17) is 10.00 Å². The van der Waals surface area contributed by atoms with E-state index in [1.165, 1.54) is 12.1 Å². The lowest BCUT2D eigenvalue weighted by Gasteiger charge is -2.22. The SMILES string of the molecule is CN(CCNC(=O)OC(C)(C)C)CC1=NSNC1c1ccc(C#N)cc1. The lowest BCUT2D eigenvalue weighted by molar-refractivity contribution is 0.0524. The topological polar surface area (TPSA) is 89.8 Å². The van der Waals surface area contributed by atoms with Crippen molar-refractivity contribution in [1.29, 1.82) is 5.26 Å². The van der Waals surface area contributed by atoms with Crippen LogP contribution in [0.2, 0.25) is 0 Å². The zero-order valence-corrected chi connectivity index (χ0v) is 16.4. The van der Waals surface area contributed by atoms with Gasteiger partial charge in [0.15, 0.2) is 0 Å². The number of benzene rings is 1. The van der Waals surface area contributed by atoms with Gasteiger partial charge in [-0.1, -0.05) is 12.1 Å². The highest BCUT2D eigenvalue weighted by Gasteiger charge is 2.24. The number of ether oxygens (including phenoxy) is 1. The van der Waals surface area contributed by atoms with Crippen LogP contribution in [-0.4, -0.2) is 49.0 Å². The molecule has 0 aromatic heterocycles. The van der Waals surface area contributed by atoms with Crippen LogP contribution in [0.5, 0.6) is 0 Å². The summed E-state index contributed by atoms with van der Waals surface area (Å²) in [6.07, 6.45) is -0.406. The molecule has 0 saturated carbocycles. The van der Waals surface area contributed by atoms with Gasteiger partial charge in [0.05, 0.1) is 35.5 Å². The van der Waals surface area contributed by atoms with Gasteiger partial charge in [-0.05, 0) is 45.5 Å². The maximum atomic E-state index is 11.7. The molecule has 1 aliphatic rings. The first kappa shape index (κ1) is 20.2. The van der Waals surface area contributed by atoms with Crippen LogP contribution in [0.1, 0.15) is 37.9 Å². The van der Waals surface area contributed by atoms with E-state index in [1.807, 2.05) is 52.1 Å². The molecule has 2 N–H and O–H groups in total. The van der Waals surface area contributed by atoms with Crippen LogP contribution in [0.15, 0.2) is 28.7 Å². The fraction of sp³-hybridized carbons (Fsp3) is 0.500. The van der Waals surface area contributed by atoms with Crippen LogP contribution >= 0.6 is 12.1 Å². The molecule has 7 nitrogen and oxygen atoms in total. The molecule has 1 heterocycles. The maximum absolute atomic E-state index is 11.7. The summed E-state index contributed by atoms with van der Waals surface area (Å²) in [5.74, 6) is 0. The third-order valence-corrected chi connectivity index (χ3v) is 4.30. The fourth-order valence-electron chi connectivity index (χ4n) is 2.41. The molecule has 1 unspecified atom stereocenters. The van der Waals surface area contributed by atoms with Crippen molar-refractivity contribution in [1.82, 2.24) is 14.9 Å². The maximum Gasteiger partial charge on any atom is 0.407 e. The van der Waals surface area contributed by atoms with Crippen molar-refractivity contribution >= 4 is 23.9 Å². The zero-order chi connectivity index (χ0) is 19.2. The van der Waals surface area contributed by atoms with E-state index in [2.05, 4.69) is 25.4 Å². The van der Waals surface area contributed by atoms with Crippen molar-refractivity contribution in [2.75, 3.05) is 26.7 Å². The van der Waals surface area contributed by atoms with Crippen LogP contribution in [0.25, 0.3) is 0 Å². The minimum atomic E-state index is -0.494. The van der Waals surface area contributed by atoms with Crippen molar-refractivity contribution in [3.05, 3.63) is 35.4 Å². The number of hydrogen-bond acceptors (Lipinski definition) is 7. The molecule has 0 bridgehead atoms. The molecule has 1 atom stereocenters. The quantitative estimate of drug-likeness (QED) is 0.743. The van der Waals surface area contributed by atoms with Crippen LogP contribution in [0.3, 0.4) is 0 Å². The van der Waals surface area contributed by atoms with E-state index in [9.17, 15) is 4.79 Å². The van der Waals surface area contributed by atoms with Crippen molar-refractivity contribution in [3.63, 3.8) is 0 Å². The molecule has 8 heteroatoms. The molecule has 0 radical (unpaired) electrons. The second kappa shape index (κ2) is 9.03. The van der Waals surface area contributed by atoms with E-state index in [0.717, 1.165) is 11.3 Å². The molecule has 2 rings (SSSR count). The highest BCUT2D eigenvalue weighted by Crippen LogP contribution is 2.25. The molecule has 0 saturated heterocycles. The Kier molecular flexibility index (Phi) is 7.03. The Morgan fingerprint density at radius 1 is 1.42 bits per heavy atom. The number of nitriles is 1. The molecule has 0 aliphatic carbocycles. The van der Waals surface area contributed by atoms with Gasteiger partial charge >= 0.3 is 6.09 Å². The third-order valence-electron chi connectivity index (χ3n) is 3.63. The number of carbonyl (C=O) groups excluding carboxylic acids is 1. The molecule has 1 amide bonds. The highest BCUT2D eigenvalue weighted by molar-refractivity contribution is 7.96. The minimum Gasteiger partial charge on any atom is -0.444 e. The number of nitrogens with zero attached hydrogens (tertiary/aromatic N) is 3. The summed E-state index contributed by atoms with van der Waals surface area (Å²) < 4.78 is 13.0. The number of rotatable bonds is 6. The monoisotopic (exact) mass is 375 g/mol. The average Bonchev–Trinajstić information content (AvgIpc) is 3.01. The molecule has 0 spiro atoms. The van der Waals surface area contributed by atoms with Gasteiger partial charge in [0.25, 0.3) is 0 Å². The number of hydrogen-bond donors (Lipinski definition) is 2. The van der Waals surface area contributed by atoms with Gasteiger partial charge in [-0.3, -0.25) is 4.90 Å². The Labute approximate surface area is 159 Å². The van der Waals surface area contributed by atoms with Crippen molar-refractivity contribution in [2.45, 2.75) is 32.4 Å². The first-order valence-corrected chi connectivity index (χ1v) is 9.19. The predicted molar refractivity (Wildman–Crippen MR) is 104 cm³/mol. The van der Waals surface area contributed by atoms with Crippen LogP contribution in [-0.2, 0) is 4.74 Å². The van der Waals surface area contributed by atoms with Crippen molar-refractivity contribution in [2.24, 2.45) is 4.40 Å². The second-order valence-corrected chi connectivity index (χ2v) is 7.73. The Morgan fingerprint density at radius 2 is 2.12 bits per heavy atom. The summed E-state index contributed by atoms with van der Waals surface area (Å²) >= 11 is 1.33. The lowest BCUT2D eigenvalue weighted by Crippen LogP contribution is -2.39. The third kappa shape index (κ3) is 6.33. The fourth-order valence-corrected chi connectivity index (χ4v) is 3.12. The summed E-state index contributed by atoms with van der Waals surface area (Å²) in [4.78, 5) is 13.8. The van der Waals surface area contributed by atoms with Gasteiger partial charge in [0.1, 0.15) is 5.60 Å². The van der Waals surface area contributed by atoms with E-state index in [-0.39, 0.29) is 6.04 Å². The molecule has 1 aliphatic heterocycles. The Morgan fingerprint density at radius 3 is 2.73 bits per heavy atom. The van der Waals surface area contributed by atoms with Crippen LogP contribution in [0.4, 0.5) is 4.79 Å². The molecule has 1 aromatic rings. The first-order chi connectivity index (χ1) is 12.3. The van der Waals surface area contributed by atoms with Crippen molar-refractivity contribution in [3.8, 4) is 6.07 Å². The number of amides is 1. The largest absolute Gasteiger partial charge is 0.444 e. The van der Waals surface area contributed by atoms with Gasteiger partial charge in [-0.25, -0.2) is 13.9 Å². The highest BCUT2D eigenvalue weighted by atomic mass is 32.2.